The van der Waals surface area contributed by atoms with E-state index in [1.54, 1.807) is 6.21 Å². The first kappa shape index (κ1) is 16.3. The first-order chi connectivity index (χ1) is 11.6. The molecule has 2 atom stereocenters. The molecule has 0 bridgehead atoms. The third-order valence-corrected chi connectivity index (χ3v) is 4.96. The number of amides is 1. The smallest absolute Gasteiger partial charge is 0.353 e. The second kappa shape index (κ2) is 6.88. The van der Waals surface area contributed by atoms with Gasteiger partial charge in [0.25, 0.3) is 5.91 Å². The molecule has 7 nitrogen and oxygen atoms in total. The molecule has 0 spiro atoms. The summed E-state index contributed by atoms with van der Waals surface area (Å²) in [5.41, 5.74) is 1.30. The van der Waals surface area contributed by atoms with E-state index in [4.69, 9.17) is 0 Å². The van der Waals surface area contributed by atoms with Crippen molar-refractivity contribution in [2.24, 2.45) is 10.1 Å². The number of aliphatic carboxylic acids is 1. The summed E-state index contributed by atoms with van der Waals surface area (Å²) in [6, 6.07) is 8.89. The highest BCUT2D eigenvalue weighted by Gasteiger charge is 2.53. The van der Waals surface area contributed by atoms with Crippen LogP contribution in [0.15, 0.2) is 51.8 Å². The number of oxime groups is 1. The standard InChI is InChI=1S/C16H15N3O4S/c1-23-18-8-11-9-24-15-12(14(20)19(15)13(11)16(21)22)17-7-10-5-3-2-4-6-10/h2-8,12,15H,9H2,1H3,(H,21,22)/b17-7?,18-8+/t12-,15-/m1/s1. The zero-order valence-corrected chi connectivity index (χ0v) is 13.6. The van der Waals surface area contributed by atoms with E-state index in [9.17, 15) is 14.7 Å². The van der Waals surface area contributed by atoms with Gasteiger partial charge >= 0.3 is 5.97 Å². The largest absolute Gasteiger partial charge is 0.477 e. The van der Waals surface area contributed by atoms with Crippen molar-refractivity contribution in [1.82, 2.24) is 4.90 Å². The van der Waals surface area contributed by atoms with E-state index < -0.39 is 12.0 Å². The molecule has 0 aromatic heterocycles. The molecule has 1 fully saturated rings. The molecule has 3 rings (SSSR count). The van der Waals surface area contributed by atoms with Crippen molar-refractivity contribution in [1.29, 1.82) is 0 Å². The molecule has 1 N–H and O–H groups in total. The third kappa shape index (κ3) is 2.92. The minimum Gasteiger partial charge on any atom is -0.477 e. The lowest BCUT2D eigenvalue weighted by Gasteiger charge is -2.47. The summed E-state index contributed by atoms with van der Waals surface area (Å²) in [5.74, 6) is -1.04. The first-order valence-corrected chi connectivity index (χ1v) is 8.24. The zero-order valence-electron chi connectivity index (χ0n) is 12.8. The van der Waals surface area contributed by atoms with Gasteiger partial charge in [-0.05, 0) is 5.56 Å². The number of hydrogen-bond donors (Lipinski definition) is 1. The molecule has 0 radical (unpaired) electrons. The number of carboxylic acids is 1. The Morgan fingerprint density at radius 2 is 2.12 bits per heavy atom. The number of fused-ring (bicyclic) bond motifs is 1. The van der Waals surface area contributed by atoms with Crippen LogP contribution >= 0.6 is 11.8 Å². The maximum absolute atomic E-state index is 12.4. The van der Waals surface area contributed by atoms with E-state index >= 15 is 0 Å². The summed E-state index contributed by atoms with van der Waals surface area (Å²) < 4.78 is 0. The summed E-state index contributed by atoms with van der Waals surface area (Å²) in [4.78, 5) is 34.1. The Kier molecular flexibility index (Phi) is 4.66. The number of carbonyl (C=O) groups is 2. The Morgan fingerprint density at radius 3 is 2.79 bits per heavy atom. The molecule has 2 aliphatic rings. The number of aliphatic imine (C=N–C) groups is 1. The Hall–Kier alpha value is -2.61. The molecule has 2 aliphatic heterocycles. The highest BCUT2D eigenvalue weighted by molar-refractivity contribution is 8.00. The van der Waals surface area contributed by atoms with Crippen molar-refractivity contribution < 1.29 is 19.5 Å². The molecular formula is C16H15N3O4S. The summed E-state index contributed by atoms with van der Waals surface area (Å²) in [7, 11) is 1.37. The molecule has 0 saturated carbocycles. The highest BCUT2D eigenvalue weighted by Crippen LogP contribution is 2.41. The Labute approximate surface area is 142 Å². The molecule has 0 aliphatic carbocycles. The fraction of sp³-hybridized carbons (Fsp3) is 0.250. The predicted octanol–water partition coefficient (Wildman–Crippen LogP) is 1.36. The predicted molar refractivity (Wildman–Crippen MR) is 91.1 cm³/mol. The van der Waals surface area contributed by atoms with Gasteiger partial charge in [-0.3, -0.25) is 14.7 Å². The quantitative estimate of drug-likeness (QED) is 0.494. The number of β-lactam (4-membered cyclic amide) rings is 1. The van der Waals surface area contributed by atoms with E-state index in [2.05, 4.69) is 15.0 Å². The third-order valence-electron chi connectivity index (χ3n) is 3.67. The normalized spacial score (nSPS) is 23.5. The molecule has 0 unspecified atom stereocenters. The molecule has 1 aromatic rings. The fourth-order valence-corrected chi connectivity index (χ4v) is 3.84. The fourth-order valence-electron chi connectivity index (χ4n) is 2.55. The molecule has 124 valence electrons. The Bertz CT molecular complexity index is 745. The maximum atomic E-state index is 12.4. The maximum Gasteiger partial charge on any atom is 0.353 e. The summed E-state index contributed by atoms with van der Waals surface area (Å²) in [6.07, 6.45) is 2.98. The van der Waals surface area contributed by atoms with E-state index in [0.29, 0.717) is 11.3 Å². The van der Waals surface area contributed by atoms with E-state index in [1.165, 1.54) is 30.0 Å². The van der Waals surface area contributed by atoms with Gasteiger partial charge in [0.05, 0.1) is 6.21 Å². The van der Waals surface area contributed by atoms with Crippen LogP contribution in [0.1, 0.15) is 5.56 Å². The number of nitrogens with zero attached hydrogens (tertiary/aromatic N) is 3. The van der Waals surface area contributed by atoms with Gasteiger partial charge in [-0.1, -0.05) is 35.5 Å². The van der Waals surface area contributed by atoms with Crippen molar-refractivity contribution in [3.63, 3.8) is 0 Å². The summed E-state index contributed by atoms with van der Waals surface area (Å²) in [6.45, 7) is 0. The summed E-state index contributed by atoms with van der Waals surface area (Å²) in [5, 5.41) is 12.7. The van der Waals surface area contributed by atoms with Crippen LogP contribution in [-0.2, 0) is 14.4 Å². The topological polar surface area (TPSA) is 91.6 Å². The van der Waals surface area contributed by atoms with Crippen molar-refractivity contribution in [2.75, 3.05) is 12.9 Å². The van der Waals surface area contributed by atoms with Crippen LogP contribution in [0.25, 0.3) is 0 Å². The lowest BCUT2D eigenvalue weighted by molar-refractivity contribution is -0.147. The van der Waals surface area contributed by atoms with Crippen LogP contribution in [-0.4, -0.2) is 58.6 Å². The first-order valence-electron chi connectivity index (χ1n) is 7.19. The van der Waals surface area contributed by atoms with Gasteiger partial charge in [-0.2, -0.15) is 0 Å². The van der Waals surface area contributed by atoms with Crippen LogP contribution in [0.2, 0.25) is 0 Å². The monoisotopic (exact) mass is 345 g/mol. The molecule has 24 heavy (non-hydrogen) atoms. The molecule has 1 amide bonds. The van der Waals surface area contributed by atoms with Crippen molar-refractivity contribution in [2.45, 2.75) is 11.4 Å². The SMILES string of the molecule is CO/N=C/C1=C(C(=O)O)N2C(=O)[C@@H](N=Cc3ccccc3)[C@H]2SC1. The molecule has 8 heteroatoms. The van der Waals surface area contributed by atoms with E-state index in [-0.39, 0.29) is 17.0 Å². The Balaban J connectivity index is 1.82. The number of carboxylic acid groups (broad SMARTS) is 1. The highest BCUT2D eigenvalue weighted by atomic mass is 32.2. The lowest BCUT2D eigenvalue weighted by Crippen LogP contribution is -2.64. The van der Waals surface area contributed by atoms with Crippen LogP contribution in [0.3, 0.4) is 0 Å². The van der Waals surface area contributed by atoms with Crippen LogP contribution in [0, 0.1) is 0 Å². The minimum absolute atomic E-state index is 0.0456. The van der Waals surface area contributed by atoms with Crippen molar-refractivity contribution in [3.8, 4) is 0 Å². The zero-order chi connectivity index (χ0) is 17.1. The van der Waals surface area contributed by atoms with Crippen molar-refractivity contribution in [3.05, 3.63) is 47.2 Å². The van der Waals surface area contributed by atoms with Gasteiger partial charge in [0.1, 0.15) is 18.2 Å². The number of benzene rings is 1. The van der Waals surface area contributed by atoms with Gasteiger partial charge < -0.3 is 9.94 Å². The second-order valence-electron chi connectivity index (χ2n) is 5.14. The second-order valence-corrected chi connectivity index (χ2v) is 6.24. The van der Waals surface area contributed by atoms with Crippen LogP contribution in [0.4, 0.5) is 0 Å². The number of hydrogen-bond acceptors (Lipinski definition) is 6. The number of thioether (sulfide) groups is 1. The Morgan fingerprint density at radius 1 is 1.38 bits per heavy atom. The van der Waals surface area contributed by atoms with E-state index in [1.807, 2.05) is 30.3 Å². The van der Waals surface area contributed by atoms with Gasteiger partial charge in [-0.25, -0.2) is 4.79 Å². The molecule has 2 heterocycles. The van der Waals surface area contributed by atoms with Gasteiger partial charge in [0.2, 0.25) is 0 Å². The average Bonchev–Trinajstić information content (AvgIpc) is 2.60. The van der Waals surface area contributed by atoms with Crippen molar-refractivity contribution >= 4 is 36.1 Å². The minimum atomic E-state index is -1.16. The lowest BCUT2D eigenvalue weighted by atomic mass is 10.0. The van der Waals surface area contributed by atoms with Crippen LogP contribution < -0.4 is 0 Å². The van der Waals surface area contributed by atoms with Gasteiger partial charge in [-0.15, -0.1) is 11.8 Å². The molecular weight excluding hydrogens is 330 g/mol. The summed E-state index contributed by atoms with van der Waals surface area (Å²) >= 11 is 1.46. The number of carbonyl (C=O) groups excluding carboxylic acids is 1. The van der Waals surface area contributed by atoms with Gasteiger partial charge in [0.15, 0.2) is 6.04 Å². The van der Waals surface area contributed by atoms with Crippen LogP contribution in [0.5, 0.6) is 0 Å². The molecule has 1 saturated heterocycles. The van der Waals surface area contributed by atoms with Gasteiger partial charge in [0, 0.05) is 17.5 Å². The van der Waals surface area contributed by atoms with E-state index in [0.717, 1.165) is 5.56 Å². The number of rotatable bonds is 5. The molecule has 1 aromatic carbocycles. The average molecular weight is 345 g/mol.